The van der Waals surface area contributed by atoms with Gasteiger partial charge in [0.25, 0.3) is 0 Å². The molecular formula is C15H30N2O2. The fraction of sp³-hybridized carbons (Fsp3) is 0.933. The van der Waals surface area contributed by atoms with Gasteiger partial charge in [0.1, 0.15) is 0 Å². The maximum Gasteiger partial charge on any atom is 0.307 e. The number of esters is 1. The van der Waals surface area contributed by atoms with Gasteiger partial charge in [-0.3, -0.25) is 4.79 Å². The summed E-state index contributed by atoms with van der Waals surface area (Å²) in [6.45, 7) is 12.0. The van der Waals surface area contributed by atoms with Crippen LogP contribution in [0.5, 0.6) is 0 Å². The summed E-state index contributed by atoms with van der Waals surface area (Å²) in [6, 6.07) is 0.583. The molecule has 0 aliphatic carbocycles. The zero-order valence-corrected chi connectivity index (χ0v) is 13.0. The smallest absolute Gasteiger partial charge is 0.307 e. The first-order valence-corrected chi connectivity index (χ1v) is 7.67. The Morgan fingerprint density at radius 1 is 1.32 bits per heavy atom. The Balaban J connectivity index is 2.67. The van der Waals surface area contributed by atoms with E-state index >= 15 is 0 Å². The van der Waals surface area contributed by atoms with E-state index in [2.05, 4.69) is 31.0 Å². The highest BCUT2D eigenvalue weighted by Crippen LogP contribution is 2.27. The molecule has 0 bridgehead atoms. The van der Waals surface area contributed by atoms with Crippen molar-refractivity contribution in [1.29, 1.82) is 0 Å². The number of carbonyl (C=O) groups excluding carboxylic acids is 1. The van der Waals surface area contributed by atoms with Crippen LogP contribution in [0.2, 0.25) is 0 Å². The SMILES string of the molecule is CCNC1(CC(=O)OCC)CCCN(C(C)C)CC1. The zero-order valence-electron chi connectivity index (χ0n) is 13.0. The van der Waals surface area contributed by atoms with Crippen LogP contribution >= 0.6 is 0 Å². The van der Waals surface area contributed by atoms with Crippen LogP contribution in [-0.2, 0) is 9.53 Å². The van der Waals surface area contributed by atoms with Crippen LogP contribution < -0.4 is 5.32 Å². The Labute approximate surface area is 117 Å². The topological polar surface area (TPSA) is 41.6 Å². The van der Waals surface area contributed by atoms with Gasteiger partial charge in [0.2, 0.25) is 0 Å². The lowest BCUT2D eigenvalue weighted by atomic mass is 9.87. The lowest BCUT2D eigenvalue weighted by Gasteiger charge is -2.33. The number of hydrogen-bond donors (Lipinski definition) is 1. The van der Waals surface area contributed by atoms with Crippen molar-refractivity contribution in [3.05, 3.63) is 0 Å². The van der Waals surface area contributed by atoms with Crippen molar-refractivity contribution in [2.24, 2.45) is 0 Å². The average molecular weight is 270 g/mol. The molecule has 1 aliphatic rings. The quantitative estimate of drug-likeness (QED) is 0.751. The van der Waals surface area contributed by atoms with Gasteiger partial charge in [-0.25, -0.2) is 0 Å². The predicted molar refractivity (Wildman–Crippen MR) is 78.2 cm³/mol. The molecule has 19 heavy (non-hydrogen) atoms. The number of nitrogens with zero attached hydrogens (tertiary/aromatic N) is 1. The molecule has 112 valence electrons. The average Bonchev–Trinajstić information content (AvgIpc) is 2.53. The van der Waals surface area contributed by atoms with E-state index < -0.39 is 0 Å². The molecule has 1 N–H and O–H groups in total. The number of likely N-dealkylation sites (tertiary alicyclic amines) is 1. The van der Waals surface area contributed by atoms with Crippen LogP contribution in [0.3, 0.4) is 0 Å². The van der Waals surface area contributed by atoms with Crippen molar-refractivity contribution in [3.63, 3.8) is 0 Å². The van der Waals surface area contributed by atoms with Crippen molar-refractivity contribution < 1.29 is 9.53 Å². The van der Waals surface area contributed by atoms with Crippen molar-refractivity contribution in [2.75, 3.05) is 26.2 Å². The minimum Gasteiger partial charge on any atom is -0.466 e. The molecule has 1 rings (SSSR count). The van der Waals surface area contributed by atoms with Crippen molar-refractivity contribution in [1.82, 2.24) is 10.2 Å². The van der Waals surface area contributed by atoms with Gasteiger partial charge < -0.3 is 15.0 Å². The molecule has 1 unspecified atom stereocenters. The molecule has 1 saturated heterocycles. The molecule has 0 aromatic carbocycles. The highest BCUT2D eigenvalue weighted by molar-refractivity contribution is 5.70. The van der Waals surface area contributed by atoms with Gasteiger partial charge >= 0.3 is 5.97 Å². The van der Waals surface area contributed by atoms with E-state index in [1.165, 1.54) is 0 Å². The summed E-state index contributed by atoms with van der Waals surface area (Å²) in [4.78, 5) is 14.3. The maximum absolute atomic E-state index is 11.8. The Morgan fingerprint density at radius 3 is 2.63 bits per heavy atom. The Kier molecular flexibility index (Phi) is 6.80. The van der Waals surface area contributed by atoms with Crippen molar-refractivity contribution >= 4 is 5.97 Å². The monoisotopic (exact) mass is 270 g/mol. The van der Waals surface area contributed by atoms with Gasteiger partial charge in [-0.05, 0) is 53.1 Å². The first-order chi connectivity index (χ1) is 9.03. The van der Waals surface area contributed by atoms with E-state index in [1.54, 1.807) is 0 Å². The van der Waals surface area contributed by atoms with Crippen molar-refractivity contribution in [2.45, 2.75) is 65.0 Å². The number of rotatable bonds is 6. The molecule has 1 heterocycles. The largest absolute Gasteiger partial charge is 0.466 e. The van der Waals surface area contributed by atoms with Gasteiger partial charge in [-0.1, -0.05) is 6.92 Å². The van der Waals surface area contributed by atoms with Gasteiger partial charge in [-0.15, -0.1) is 0 Å². The molecule has 0 radical (unpaired) electrons. The molecule has 0 spiro atoms. The molecule has 0 amide bonds. The number of carbonyl (C=O) groups is 1. The first-order valence-electron chi connectivity index (χ1n) is 7.67. The summed E-state index contributed by atoms with van der Waals surface area (Å²) in [5.41, 5.74) is -0.0648. The van der Waals surface area contributed by atoms with E-state index in [-0.39, 0.29) is 11.5 Å². The summed E-state index contributed by atoms with van der Waals surface area (Å²) in [5, 5.41) is 3.56. The van der Waals surface area contributed by atoms with Gasteiger partial charge in [0, 0.05) is 18.1 Å². The third kappa shape index (κ3) is 5.11. The fourth-order valence-electron chi connectivity index (χ4n) is 3.01. The van der Waals surface area contributed by atoms with E-state index in [1.807, 2.05) is 6.92 Å². The lowest BCUT2D eigenvalue weighted by molar-refractivity contribution is -0.145. The molecular weight excluding hydrogens is 240 g/mol. The Morgan fingerprint density at radius 2 is 2.05 bits per heavy atom. The standard InChI is InChI=1S/C15H30N2O2/c1-5-16-15(12-14(18)19-6-2)8-7-10-17(11-9-15)13(3)4/h13,16H,5-12H2,1-4H3. The molecule has 0 saturated carbocycles. The second kappa shape index (κ2) is 7.85. The third-order valence-corrected chi connectivity index (χ3v) is 4.05. The second-order valence-electron chi connectivity index (χ2n) is 5.78. The van der Waals surface area contributed by atoms with E-state index in [9.17, 15) is 4.79 Å². The van der Waals surface area contributed by atoms with Crippen LogP contribution in [0, 0.1) is 0 Å². The highest BCUT2D eigenvalue weighted by Gasteiger charge is 2.34. The van der Waals surface area contributed by atoms with E-state index in [0.29, 0.717) is 19.1 Å². The molecule has 0 aromatic heterocycles. The molecule has 0 aromatic rings. The van der Waals surface area contributed by atoms with Crippen molar-refractivity contribution in [3.8, 4) is 0 Å². The fourth-order valence-corrected chi connectivity index (χ4v) is 3.01. The zero-order chi connectivity index (χ0) is 14.3. The minimum absolute atomic E-state index is 0.0648. The van der Waals surface area contributed by atoms with E-state index in [4.69, 9.17) is 4.74 Å². The summed E-state index contributed by atoms with van der Waals surface area (Å²) >= 11 is 0. The normalized spacial score (nSPS) is 25.3. The number of nitrogens with one attached hydrogen (secondary N) is 1. The Hall–Kier alpha value is -0.610. The number of hydrogen-bond acceptors (Lipinski definition) is 4. The number of ether oxygens (including phenoxy) is 1. The van der Waals surface area contributed by atoms with Crippen LogP contribution in [0.1, 0.15) is 53.4 Å². The highest BCUT2D eigenvalue weighted by atomic mass is 16.5. The van der Waals surface area contributed by atoms with E-state index in [0.717, 1.165) is 38.9 Å². The summed E-state index contributed by atoms with van der Waals surface area (Å²) in [7, 11) is 0. The van der Waals surface area contributed by atoms with Crippen LogP contribution in [0.25, 0.3) is 0 Å². The van der Waals surface area contributed by atoms with Gasteiger partial charge in [0.15, 0.2) is 0 Å². The minimum atomic E-state index is -0.0681. The Bertz CT molecular complexity index is 281. The molecule has 4 heteroatoms. The summed E-state index contributed by atoms with van der Waals surface area (Å²) in [6.07, 6.45) is 3.73. The predicted octanol–water partition coefficient (Wildman–Crippen LogP) is 2.18. The van der Waals surface area contributed by atoms with Gasteiger partial charge in [0.05, 0.1) is 13.0 Å². The van der Waals surface area contributed by atoms with Crippen LogP contribution in [-0.4, -0.2) is 48.7 Å². The van der Waals surface area contributed by atoms with Gasteiger partial charge in [-0.2, -0.15) is 0 Å². The van der Waals surface area contributed by atoms with Crippen LogP contribution in [0.4, 0.5) is 0 Å². The maximum atomic E-state index is 11.8. The summed E-state index contributed by atoms with van der Waals surface area (Å²) < 4.78 is 5.14. The molecule has 1 aliphatic heterocycles. The third-order valence-electron chi connectivity index (χ3n) is 4.05. The lowest BCUT2D eigenvalue weighted by Crippen LogP contribution is -2.48. The van der Waals surface area contributed by atoms with Crippen LogP contribution in [0.15, 0.2) is 0 Å². The molecule has 1 atom stereocenters. The molecule has 4 nitrogen and oxygen atoms in total. The summed E-state index contributed by atoms with van der Waals surface area (Å²) in [5.74, 6) is -0.0681. The second-order valence-corrected chi connectivity index (χ2v) is 5.78. The molecule has 1 fully saturated rings. The first kappa shape index (κ1) is 16.4.